The molecule has 0 unspecified atom stereocenters. The topological polar surface area (TPSA) is 114 Å². The molecule has 0 N–H and O–H groups in total. The highest BCUT2D eigenvalue weighted by molar-refractivity contribution is 6.62. The second-order valence-corrected chi connectivity index (χ2v) is 14.3. The summed E-state index contributed by atoms with van der Waals surface area (Å²) in [6, 6.07) is 15.5. The zero-order valence-electron chi connectivity index (χ0n) is 31.9. The lowest BCUT2D eigenvalue weighted by Crippen LogP contribution is -2.41. The smallest absolute Gasteiger partial charge is 0.462 e. The maximum absolute atomic E-state index is 14.2. The number of nitrogens with zero attached hydrogens (tertiary/aromatic N) is 2. The van der Waals surface area contributed by atoms with Gasteiger partial charge in [-0.3, -0.25) is 18.4 Å². The van der Waals surface area contributed by atoms with Crippen molar-refractivity contribution in [2.75, 3.05) is 13.2 Å². The molecule has 0 amide bonds. The van der Waals surface area contributed by atoms with Crippen LogP contribution >= 0.6 is 11.6 Å². The number of esters is 2. The molecule has 5 aromatic rings. The van der Waals surface area contributed by atoms with Crippen LogP contribution in [0.3, 0.4) is 0 Å². The molecular weight excluding hydrogens is 714 g/mol. The van der Waals surface area contributed by atoms with Crippen LogP contribution in [0.4, 0.5) is 4.39 Å². The van der Waals surface area contributed by atoms with Crippen LogP contribution in [-0.2, 0) is 38.0 Å². The van der Waals surface area contributed by atoms with Gasteiger partial charge in [-0.15, -0.1) is 0 Å². The summed E-state index contributed by atoms with van der Waals surface area (Å²) in [4.78, 5) is 50.1. The molecule has 0 saturated carbocycles. The Labute approximate surface area is 318 Å². The molecule has 6 rings (SSSR count). The summed E-state index contributed by atoms with van der Waals surface area (Å²) >= 11 is 5.84. The van der Waals surface area contributed by atoms with Crippen LogP contribution in [0.25, 0.3) is 11.0 Å². The van der Waals surface area contributed by atoms with E-state index in [4.69, 9.17) is 30.4 Å². The molecule has 0 spiro atoms. The zero-order chi connectivity index (χ0) is 39.5. The Bertz CT molecular complexity index is 2340. The minimum atomic E-state index is -0.641. The molecule has 1 aromatic carbocycles. The third kappa shape index (κ3) is 8.01. The maximum atomic E-state index is 14.2. The first kappa shape index (κ1) is 40.4. The number of hydrogen-bond acceptors (Lipinski definition) is 8. The molecule has 1 fully saturated rings. The molecule has 0 radical (unpaired) electrons. The highest BCUT2D eigenvalue weighted by Gasteiger charge is 2.51. The van der Waals surface area contributed by atoms with Gasteiger partial charge in [-0.1, -0.05) is 49.7 Å². The van der Waals surface area contributed by atoms with E-state index >= 15 is 0 Å². The Balaban J connectivity index is 0.000000208. The van der Waals surface area contributed by atoms with Gasteiger partial charge in [0.15, 0.2) is 0 Å². The fourth-order valence-corrected chi connectivity index (χ4v) is 6.40. The van der Waals surface area contributed by atoms with Crippen LogP contribution in [0, 0.1) is 5.82 Å². The predicted octanol–water partition coefficient (Wildman–Crippen LogP) is 6.76. The molecule has 284 valence electrons. The molecule has 13 heteroatoms. The van der Waals surface area contributed by atoms with Crippen molar-refractivity contribution in [3.8, 4) is 0 Å². The summed E-state index contributed by atoms with van der Waals surface area (Å²) in [5.41, 5.74) is 3.37. The second-order valence-electron chi connectivity index (χ2n) is 13.9. The number of fused-ring (bicyclic) bond motifs is 2. The summed E-state index contributed by atoms with van der Waals surface area (Å²) < 4.78 is 39.3. The Morgan fingerprint density at radius 3 is 1.74 bits per heavy atom. The number of aryl methyl sites for hydroxylation is 2. The van der Waals surface area contributed by atoms with Crippen LogP contribution in [0.2, 0.25) is 5.02 Å². The van der Waals surface area contributed by atoms with Crippen molar-refractivity contribution in [2.45, 2.75) is 85.9 Å². The third-order valence-electron chi connectivity index (χ3n) is 9.88. The van der Waals surface area contributed by atoms with Crippen molar-refractivity contribution in [2.24, 2.45) is 0 Å². The summed E-state index contributed by atoms with van der Waals surface area (Å²) in [6.07, 6.45) is 4.95. The van der Waals surface area contributed by atoms with Crippen molar-refractivity contribution in [1.82, 2.24) is 8.80 Å². The van der Waals surface area contributed by atoms with Gasteiger partial charge in [0.2, 0.25) is 0 Å². The van der Waals surface area contributed by atoms with Gasteiger partial charge in [-0.2, -0.15) is 0 Å². The van der Waals surface area contributed by atoms with E-state index in [0.717, 1.165) is 27.7 Å². The lowest BCUT2D eigenvalue weighted by atomic mass is 9.80. The van der Waals surface area contributed by atoms with Gasteiger partial charge in [-0.25, -0.2) is 14.0 Å². The van der Waals surface area contributed by atoms with Crippen LogP contribution in [0.5, 0.6) is 0 Å². The second kappa shape index (κ2) is 16.3. The summed E-state index contributed by atoms with van der Waals surface area (Å²) in [5, 5.41) is 0.0586. The van der Waals surface area contributed by atoms with E-state index < -0.39 is 47.2 Å². The van der Waals surface area contributed by atoms with E-state index in [1.165, 1.54) is 14.9 Å². The number of ether oxygens (including phenoxy) is 2. The number of carbonyl (C=O) groups is 2. The Morgan fingerprint density at radius 2 is 1.24 bits per heavy atom. The standard InChI is InChI=1S/C21H19ClFNO3.C20H26BNO5/c1-3-14-11-16(21(26)27-4-2)20(25)24-12-13(8-9-18(14)24)10-15-6-5-7-17(22)19(15)23;1-7-13-11-15(18(24)25-8-2)17(23)22-12-14(9-10-16(13)22)21-26-19(3,4)20(5,6)27-21/h5-9,11-12H,3-4,10H2,1-2H3;9-12H,7-8H2,1-6H3. The number of halogens is 2. The largest absolute Gasteiger partial charge is 0.496 e. The van der Waals surface area contributed by atoms with E-state index in [2.05, 4.69) is 0 Å². The van der Waals surface area contributed by atoms with Crippen LogP contribution < -0.4 is 16.6 Å². The molecule has 5 heterocycles. The highest BCUT2D eigenvalue weighted by Crippen LogP contribution is 2.36. The molecule has 1 aliphatic rings. The average molecular weight is 759 g/mol. The predicted molar refractivity (Wildman–Crippen MR) is 208 cm³/mol. The normalized spacial score (nSPS) is 14.5. The number of pyridine rings is 4. The molecule has 10 nitrogen and oxygen atoms in total. The van der Waals surface area contributed by atoms with Crippen LogP contribution in [-0.4, -0.2) is 52.3 Å². The number of carbonyl (C=O) groups excluding carboxylic acids is 2. The Morgan fingerprint density at radius 1 is 0.741 bits per heavy atom. The van der Waals surface area contributed by atoms with Crippen molar-refractivity contribution >= 4 is 47.2 Å². The van der Waals surface area contributed by atoms with Crippen LogP contribution in [0.15, 0.2) is 76.6 Å². The van der Waals surface area contributed by atoms with Crippen molar-refractivity contribution < 1.29 is 32.8 Å². The number of hydrogen-bond donors (Lipinski definition) is 0. The fraction of sp³-hybridized carbons (Fsp3) is 0.366. The van der Waals surface area contributed by atoms with Gasteiger partial charge in [0, 0.05) is 18.8 Å². The SMILES string of the molecule is CCOC(=O)c1cc(CC)c2ccc(B3OC(C)(C)C(C)(C)O3)cn2c1=O.CCOC(=O)c1cc(CC)c2ccc(Cc3cccc(Cl)c3F)cn2c1=O. The monoisotopic (exact) mass is 758 g/mol. The van der Waals surface area contributed by atoms with Crippen LogP contribution in [0.1, 0.15) is 98.4 Å². The molecule has 4 aromatic heterocycles. The first-order valence-corrected chi connectivity index (χ1v) is 18.4. The average Bonchev–Trinajstić information content (AvgIpc) is 3.36. The molecule has 0 bridgehead atoms. The van der Waals surface area contributed by atoms with Gasteiger partial charge < -0.3 is 18.8 Å². The quantitative estimate of drug-likeness (QED) is 0.120. The van der Waals surface area contributed by atoms with Gasteiger partial charge >= 0.3 is 19.1 Å². The van der Waals surface area contributed by atoms with Crippen molar-refractivity contribution in [1.29, 1.82) is 0 Å². The van der Waals surface area contributed by atoms with Gasteiger partial charge in [-0.05, 0) is 112 Å². The fourth-order valence-electron chi connectivity index (χ4n) is 6.21. The maximum Gasteiger partial charge on any atom is 0.496 e. The number of benzene rings is 1. The molecule has 54 heavy (non-hydrogen) atoms. The van der Waals surface area contributed by atoms with Gasteiger partial charge in [0.25, 0.3) is 11.1 Å². The van der Waals surface area contributed by atoms with E-state index in [-0.39, 0.29) is 35.8 Å². The lowest BCUT2D eigenvalue weighted by molar-refractivity contribution is 0.00578. The first-order chi connectivity index (χ1) is 25.6. The van der Waals surface area contributed by atoms with Gasteiger partial charge in [0.05, 0.1) is 40.5 Å². The van der Waals surface area contributed by atoms with E-state index in [9.17, 15) is 23.6 Å². The first-order valence-electron chi connectivity index (χ1n) is 18.0. The van der Waals surface area contributed by atoms with Crippen molar-refractivity contribution in [3.05, 3.63) is 132 Å². The lowest BCUT2D eigenvalue weighted by Gasteiger charge is -2.32. The molecular formula is C41H45BClFN2O8. The molecule has 0 atom stereocenters. The van der Waals surface area contributed by atoms with E-state index in [0.29, 0.717) is 23.9 Å². The summed E-state index contributed by atoms with van der Waals surface area (Å²) in [7, 11) is -0.581. The van der Waals surface area contributed by atoms with E-state index in [1.807, 2.05) is 65.8 Å². The van der Waals surface area contributed by atoms with Crippen molar-refractivity contribution in [3.63, 3.8) is 0 Å². The Hall–Kier alpha value is -4.78. The number of aromatic nitrogens is 2. The molecule has 1 saturated heterocycles. The zero-order valence-corrected chi connectivity index (χ0v) is 32.6. The molecule has 1 aliphatic heterocycles. The third-order valence-corrected chi connectivity index (χ3v) is 10.2. The summed E-state index contributed by atoms with van der Waals surface area (Å²) in [5.74, 6) is -1.72. The highest BCUT2D eigenvalue weighted by atomic mass is 35.5. The molecule has 0 aliphatic carbocycles. The Kier molecular flexibility index (Phi) is 12.2. The summed E-state index contributed by atoms with van der Waals surface area (Å²) in [6.45, 7) is 15.7. The van der Waals surface area contributed by atoms with E-state index in [1.54, 1.807) is 50.5 Å². The minimum Gasteiger partial charge on any atom is -0.462 e. The number of rotatable bonds is 9. The minimum absolute atomic E-state index is 0.00251. The van der Waals surface area contributed by atoms with Gasteiger partial charge in [0.1, 0.15) is 16.9 Å².